The molecule has 0 saturated heterocycles. The summed E-state index contributed by atoms with van der Waals surface area (Å²) in [5.74, 6) is -0.961. The first kappa shape index (κ1) is 8.83. The largest absolute Gasteiger partial charge is 0.478 e. The Morgan fingerprint density at radius 2 is 2.00 bits per heavy atom. The van der Waals surface area contributed by atoms with Gasteiger partial charge in [-0.05, 0) is 12.1 Å². The standard InChI is InChI=1S/C9H8N2O2S/c10-5-2-1-4(9(12)13)8-7(5)6(11)3-14-8/h1-3H,10-11H2,(H,12,13). The van der Waals surface area contributed by atoms with Crippen molar-refractivity contribution in [3.05, 3.63) is 23.1 Å². The summed E-state index contributed by atoms with van der Waals surface area (Å²) < 4.78 is 0.634. The Morgan fingerprint density at radius 3 is 2.64 bits per heavy atom. The Morgan fingerprint density at radius 1 is 1.29 bits per heavy atom. The van der Waals surface area contributed by atoms with Crippen molar-refractivity contribution in [2.75, 3.05) is 11.5 Å². The maximum Gasteiger partial charge on any atom is 0.337 e. The molecule has 0 aliphatic carbocycles. The van der Waals surface area contributed by atoms with Crippen molar-refractivity contribution in [1.29, 1.82) is 0 Å². The lowest BCUT2D eigenvalue weighted by Crippen LogP contribution is -1.98. The summed E-state index contributed by atoms with van der Waals surface area (Å²) in [5, 5.41) is 11.3. The number of aromatic carboxylic acids is 1. The maximum absolute atomic E-state index is 10.9. The van der Waals surface area contributed by atoms with Crippen LogP contribution in [0.2, 0.25) is 0 Å². The Balaban J connectivity index is 2.90. The zero-order chi connectivity index (χ0) is 10.3. The molecule has 0 amide bonds. The predicted molar refractivity (Wildman–Crippen MR) is 57.6 cm³/mol. The van der Waals surface area contributed by atoms with E-state index in [0.29, 0.717) is 21.5 Å². The highest BCUT2D eigenvalue weighted by Gasteiger charge is 2.13. The molecule has 0 bridgehead atoms. The lowest BCUT2D eigenvalue weighted by molar-refractivity contribution is 0.0699. The molecule has 0 atom stereocenters. The molecule has 72 valence electrons. The number of nitrogen functional groups attached to an aromatic ring is 2. The highest BCUT2D eigenvalue weighted by atomic mass is 32.1. The van der Waals surface area contributed by atoms with Gasteiger partial charge in [0.1, 0.15) is 0 Å². The smallest absolute Gasteiger partial charge is 0.337 e. The van der Waals surface area contributed by atoms with Crippen LogP contribution in [0.25, 0.3) is 10.1 Å². The zero-order valence-corrected chi connectivity index (χ0v) is 7.97. The third-order valence-corrected chi connectivity index (χ3v) is 3.04. The van der Waals surface area contributed by atoms with Crippen LogP contribution < -0.4 is 11.5 Å². The van der Waals surface area contributed by atoms with Crippen molar-refractivity contribution < 1.29 is 9.90 Å². The second-order valence-electron chi connectivity index (χ2n) is 2.90. The molecule has 14 heavy (non-hydrogen) atoms. The SMILES string of the molecule is Nc1ccc(C(=O)O)c2scc(N)c12. The number of benzene rings is 1. The van der Waals surface area contributed by atoms with Crippen molar-refractivity contribution in [1.82, 2.24) is 0 Å². The van der Waals surface area contributed by atoms with Gasteiger partial charge in [-0.3, -0.25) is 0 Å². The number of hydrogen-bond acceptors (Lipinski definition) is 4. The first-order valence-corrected chi connectivity index (χ1v) is 4.77. The third kappa shape index (κ3) is 1.10. The highest BCUT2D eigenvalue weighted by Crippen LogP contribution is 2.35. The van der Waals surface area contributed by atoms with E-state index in [0.717, 1.165) is 0 Å². The van der Waals surface area contributed by atoms with E-state index in [4.69, 9.17) is 16.6 Å². The average molecular weight is 208 g/mol. The van der Waals surface area contributed by atoms with Crippen LogP contribution in [0.5, 0.6) is 0 Å². The van der Waals surface area contributed by atoms with E-state index in [9.17, 15) is 4.79 Å². The molecule has 0 aliphatic rings. The van der Waals surface area contributed by atoms with Gasteiger partial charge in [0.2, 0.25) is 0 Å². The van der Waals surface area contributed by atoms with Crippen LogP contribution in [-0.2, 0) is 0 Å². The molecule has 0 saturated carbocycles. The predicted octanol–water partition coefficient (Wildman–Crippen LogP) is 1.76. The van der Waals surface area contributed by atoms with E-state index in [1.54, 1.807) is 11.4 Å². The number of carboxylic acid groups (broad SMARTS) is 1. The van der Waals surface area contributed by atoms with Gasteiger partial charge in [-0.25, -0.2) is 4.79 Å². The minimum Gasteiger partial charge on any atom is -0.478 e. The van der Waals surface area contributed by atoms with Gasteiger partial charge < -0.3 is 16.6 Å². The summed E-state index contributed by atoms with van der Waals surface area (Å²) in [7, 11) is 0. The molecule has 0 spiro atoms. The quantitative estimate of drug-likeness (QED) is 0.623. The van der Waals surface area contributed by atoms with Crippen LogP contribution in [0.4, 0.5) is 11.4 Å². The first-order chi connectivity index (χ1) is 6.61. The van der Waals surface area contributed by atoms with E-state index >= 15 is 0 Å². The van der Waals surface area contributed by atoms with Crippen molar-refractivity contribution in [2.45, 2.75) is 0 Å². The Labute approximate surface area is 83.8 Å². The van der Waals surface area contributed by atoms with Crippen LogP contribution in [0.15, 0.2) is 17.5 Å². The van der Waals surface area contributed by atoms with E-state index < -0.39 is 5.97 Å². The Kier molecular flexibility index (Phi) is 1.82. The fraction of sp³-hybridized carbons (Fsp3) is 0. The molecule has 0 unspecified atom stereocenters. The number of fused-ring (bicyclic) bond motifs is 1. The molecule has 2 aromatic rings. The van der Waals surface area contributed by atoms with Crippen LogP contribution in [-0.4, -0.2) is 11.1 Å². The molecule has 1 aromatic heterocycles. The van der Waals surface area contributed by atoms with Crippen molar-refractivity contribution in [3.8, 4) is 0 Å². The van der Waals surface area contributed by atoms with Gasteiger partial charge in [0.15, 0.2) is 0 Å². The normalized spacial score (nSPS) is 10.6. The summed E-state index contributed by atoms with van der Waals surface area (Å²) in [6.07, 6.45) is 0. The van der Waals surface area contributed by atoms with Gasteiger partial charge in [-0.1, -0.05) is 0 Å². The Hall–Kier alpha value is -1.75. The van der Waals surface area contributed by atoms with Crippen LogP contribution in [0.3, 0.4) is 0 Å². The fourth-order valence-electron chi connectivity index (χ4n) is 1.37. The molecule has 1 aromatic carbocycles. The monoisotopic (exact) mass is 208 g/mol. The van der Waals surface area contributed by atoms with E-state index in [1.807, 2.05) is 0 Å². The summed E-state index contributed by atoms with van der Waals surface area (Å²) in [4.78, 5) is 10.9. The summed E-state index contributed by atoms with van der Waals surface area (Å²) in [6.45, 7) is 0. The maximum atomic E-state index is 10.9. The topological polar surface area (TPSA) is 89.3 Å². The molecular weight excluding hydrogens is 200 g/mol. The van der Waals surface area contributed by atoms with E-state index in [-0.39, 0.29) is 5.56 Å². The molecule has 4 nitrogen and oxygen atoms in total. The van der Waals surface area contributed by atoms with Gasteiger partial charge in [-0.15, -0.1) is 11.3 Å². The minimum atomic E-state index is -0.961. The van der Waals surface area contributed by atoms with E-state index in [2.05, 4.69) is 0 Å². The average Bonchev–Trinajstić information content (AvgIpc) is 2.49. The lowest BCUT2D eigenvalue weighted by Gasteiger charge is -2.00. The number of anilines is 2. The molecular formula is C9H8N2O2S. The Bertz CT molecular complexity index is 519. The van der Waals surface area contributed by atoms with Crippen molar-refractivity contribution >= 4 is 38.8 Å². The first-order valence-electron chi connectivity index (χ1n) is 3.89. The molecule has 5 heteroatoms. The highest BCUT2D eigenvalue weighted by molar-refractivity contribution is 7.18. The minimum absolute atomic E-state index is 0.246. The van der Waals surface area contributed by atoms with Crippen LogP contribution in [0, 0.1) is 0 Å². The summed E-state index contributed by atoms with van der Waals surface area (Å²) >= 11 is 1.30. The second-order valence-corrected chi connectivity index (χ2v) is 3.78. The van der Waals surface area contributed by atoms with Gasteiger partial charge >= 0.3 is 5.97 Å². The number of carbonyl (C=O) groups is 1. The van der Waals surface area contributed by atoms with Gasteiger partial charge in [-0.2, -0.15) is 0 Å². The molecule has 1 heterocycles. The molecule has 0 radical (unpaired) electrons. The number of thiophene rings is 1. The molecule has 2 rings (SSSR count). The zero-order valence-electron chi connectivity index (χ0n) is 7.15. The van der Waals surface area contributed by atoms with Gasteiger partial charge in [0, 0.05) is 16.5 Å². The van der Waals surface area contributed by atoms with Crippen LogP contribution in [0.1, 0.15) is 10.4 Å². The number of rotatable bonds is 1. The molecule has 5 N–H and O–H groups in total. The summed E-state index contributed by atoms with van der Waals surface area (Å²) in [5.41, 5.74) is 12.7. The molecule has 0 fully saturated rings. The second kappa shape index (κ2) is 2.88. The molecule has 0 aliphatic heterocycles. The van der Waals surface area contributed by atoms with Crippen molar-refractivity contribution in [3.63, 3.8) is 0 Å². The van der Waals surface area contributed by atoms with Gasteiger partial charge in [0.05, 0.1) is 16.0 Å². The van der Waals surface area contributed by atoms with Crippen LogP contribution >= 0.6 is 11.3 Å². The lowest BCUT2D eigenvalue weighted by atomic mass is 10.1. The van der Waals surface area contributed by atoms with Gasteiger partial charge in [0.25, 0.3) is 0 Å². The summed E-state index contributed by atoms with van der Waals surface area (Å²) in [6, 6.07) is 3.06. The number of nitrogens with two attached hydrogens (primary N) is 2. The van der Waals surface area contributed by atoms with E-state index in [1.165, 1.54) is 17.4 Å². The number of carboxylic acids is 1. The number of hydrogen-bond donors (Lipinski definition) is 3. The van der Waals surface area contributed by atoms with Crippen molar-refractivity contribution in [2.24, 2.45) is 0 Å². The fourth-order valence-corrected chi connectivity index (χ4v) is 2.37. The third-order valence-electron chi connectivity index (χ3n) is 2.01.